The summed E-state index contributed by atoms with van der Waals surface area (Å²) < 4.78 is 0. The fourth-order valence-electron chi connectivity index (χ4n) is 5.59. The van der Waals surface area contributed by atoms with Crippen LogP contribution in [0.5, 0.6) is 0 Å². The Morgan fingerprint density at radius 2 is 1.85 bits per heavy atom. The number of hydrogen-bond donors (Lipinski definition) is 2. The monoisotopic (exact) mass is 449 g/mol. The average Bonchev–Trinajstić information content (AvgIpc) is 3.29. The van der Waals surface area contributed by atoms with Crippen molar-refractivity contribution in [3.05, 3.63) is 47.5 Å². The molecular weight excluding hydrogens is 422 g/mol. The van der Waals surface area contributed by atoms with Gasteiger partial charge in [0.15, 0.2) is 0 Å². The first-order chi connectivity index (χ1) is 15.8. The van der Waals surface area contributed by atoms with Gasteiger partial charge in [0.25, 0.3) is 5.91 Å². The van der Waals surface area contributed by atoms with Crippen molar-refractivity contribution in [1.82, 2.24) is 15.1 Å². The highest BCUT2D eigenvalue weighted by Crippen LogP contribution is 2.43. The number of fused-ring (bicyclic) bond motifs is 6. The summed E-state index contributed by atoms with van der Waals surface area (Å²) in [5.74, 6) is -2.38. The maximum Gasteiger partial charge on any atom is 0.326 e. The Morgan fingerprint density at radius 3 is 2.58 bits per heavy atom. The molecule has 172 valence electrons. The maximum atomic E-state index is 13.6. The first-order valence-corrected chi connectivity index (χ1v) is 11.5. The lowest BCUT2D eigenvalue weighted by atomic mass is 9.82. The molecule has 4 atom stereocenters. The molecule has 2 fully saturated rings. The minimum atomic E-state index is -1.13. The third-order valence-electron chi connectivity index (χ3n) is 7.23. The van der Waals surface area contributed by atoms with Gasteiger partial charge in [0, 0.05) is 13.0 Å². The SMILES string of the molecule is CC(C)[C@H](NC(=O)[C@@H]1Cc2c(ccc3ccccc23)[C@H]2C(=O)N3CCC[C@H]3C(=O)N21)C(=O)O. The normalized spacial score (nSPS) is 25.0. The second kappa shape index (κ2) is 7.86. The zero-order valence-electron chi connectivity index (χ0n) is 18.7. The van der Waals surface area contributed by atoms with Gasteiger partial charge in [0.2, 0.25) is 11.8 Å². The number of carboxylic acid groups (broad SMARTS) is 1. The molecule has 3 amide bonds. The van der Waals surface area contributed by atoms with E-state index in [0.717, 1.165) is 28.3 Å². The molecule has 0 bridgehead atoms. The van der Waals surface area contributed by atoms with Gasteiger partial charge in [-0.05, 0) is 40.7 Å². The van der Waals surface area contributed by atoms with Crippen molar-refractivity contribution in [2.24, 2.45) is 5.92 Å². The van der Waals surface area contributed by atoms with E-state index < -0.39 is 36.0 Å². The van der Waals surface area contributed by atoms with Crippen molar-refractivity contribution in [3.63, 3.8) is 0 Å². The van der Waals surface area contributed by atoms with Gasteiger partial charge in [-0.15, -0.1) is 0 Å². The second-order valence-electron chi connectivity index (χ2n) is 9.48. The maximum absolute atomic E-state index is 13.6. The first-order valence-electron chi connectivity index (χ1n) is 11.5. The molecule has 5 rings (SSSR count). The summed E-state index contributed by atoms with van der Waals surface area (Å²) in [4.78, 5) is 55.4. The molecule has 0 saturated carbocycles. The molecule has 2 aromatic carbocycles. The zero-order chi connectivity index (χ0) is 23.4. The fraction of sp³-hybridized carbons (Fsp3) is 0.440. The molecule has 3 heterocycles. The number of nitrogens with zero attached hydrogens (tertiary/aromatic N) is 2. The van der Waals surface area contributed by atoms with Crippen LogP contribution in [0, 0.1) is 5.92 Å². The lowest BCUT2D eigenvalue weighted by molar-refractivity contribution is -0.166. The smallest absolute Gasteiger partial charge is 0.326 e. The summed E-state index contributed by atoms with van der Waals surface area (Å²) in [7, 11) is 0. The van der Waals surface area contributed by atoms with Crippen LogP contribution in [-0.4, -0.2) is 63.3 Å². The molecule has 8 nitrogen and oxygen atoms in total. The summed E-state index contributed by atoms with van der Waals surface area (Å²) in [6.07, 6.45) is 1.56. The van der Waals surface area contributed by atoms with Crippen LogP contribution >= 0.6 is 0 Å². The topological polar surface area (TPSA) is 107 Å². The molecule has 0 radical (unpaired) electrons. The van der Waals surface area contributed by atoms with E-state index in [0.29, 0.717) is 13.0 Å². The molecular formula is C25H27N3O5. The molecule has 2 N–H and O–H groups in total. The fourth-order valence-corrected chi connectivity index (χ4v) is 5.59. The summed E-state index contributed by atoms with van der Waals surface area (Å²) >= 11 is 0. The standard InChI is InChI=1S/C25H27N3O5/c1-13(2)20(25(32)33)26-22(29)19-12-17-15-7-4-3-6-14(15)9-10-16(17)21-24(31)27-11-5-8-18(27)23(30)28(19)21/h3-4,6-7,9-10,13,18-21H,5,8,11-12H2,1-2H3,(H,26,29)(H,32,33)/t18-,19-,20-,21-/m0/s1. The Labute approximate surface area is 191 Å². The molecule has 0 aromatic heterocycles. The van der Waals surface area contributed by atoms with Crippen LogP contribution in [0.2, 0.25) is 0 Å². The number of hydrogen-bond acceptors (Lipinski definition) is 4. The molecule has 2 aromatic rings. The third kappa shape index (κ3) is 3.27. The van der Waals surface area contributed by atoms with E-state index in [1.807, 2.05) is 36.4 Å². The van der Waals surface area contributed by atoms with Gasteiger partial charge in [-0.2, -0.15) is 0 Å². The summed E-state index contributed by atoms with van der Waals surface area (Å²) in [5.41, 5.74) is 1.62. The largest absolute Gasteiger partial charge is 0.480 e. The highest BCUT2D eigenvalue weighted by atomic mass is 16.4. The first kappa shape index (κ1) is 21.4. The summed E-state index contributed by atoms with van der Waals surface area (Å²) in [6, 6.07) is 8.15. The molecule has 3 aliphatic rings. The van der Waals surface area contributed by atoms with Crippen LogP contribution < -0.4 is 5.32 Å². The van der Waals surface area contributed by atoms with E-state index in [9.17, 15) is 24.3 Å². The molecule has 0 aliphatic carbocycles. The van der Waals surface area contributed by atoms with Crippen LogP contribution in [0.1, 0.15) is 43.9 Å². The molecule has 2 saturated heterocycles. The van der Waals surface area contributed by atoms with Crippen LogP contribution in [-0.2, 0) is 25.6 Å². The lowest BCUT2D eigenvalue weighted by Crippen LogP contribution is -2.66. The number of carbonyl (C=O) groups excluding carboxylic acids is 3. The van der Waals surface area contributed by atoms with Crippen LogP contribution in [0.25, 0.3) is 10.8 Å². The highest BCUT2D eigenvalue weighted by molar-refractivity contribution is 6.03. The Kier molecular flexibility index (Phi) is 5.11. The van der Waals surface area contributed by atoms with Crippen LogP contribution in [0.15, 0.2) is 36.4 Å². The second-order valence-corrected chi connectivity index (χ2v) is 9.48. The van der Waals surface area contributed by atoms with Gasteiger partial charge in [-0.25, -0.2) is 4.79 Å². The van der Waals surface area contributed by atoms with E-state index in [1.165, 1.54) is 4.90 Å². The van der Waals surface area contributed by atoms with Crippen molar-refractivity contribution in [2.75, 3.05) is 6.54 Å². The molecule has 33 heavy (non-hydrogen) atoms. The van der Waals surface area contributed by atoms with Crippen molar-refractivity contribution < 1.29 is 24.3 Å². The number of carboxylic acids is 1. The number of aliphatic carboxylic acids is 1. The van der Waals surface area contributed by atoms with E-state index in [-0.39, 0.29) is 24.2 Å². The number of carbonyl (C=O) groups is 4. The average molecular weight is 450 g/mol. The van der Waals surface area contributed by atoms with E-state index in [2.05, 4.69) is 5.32 Å². The molecule has 0 spiro atoms. The predicted molar refractivity (Wildman–Crippen MR) is 120 cm³/mol. The van der Waals surface area contributed by atoms with Crippen LogP contribution in [0.3, 0.4) is 0 Å². The Balaban J connectivity index is 1.63. The summed E-state index contributed by atoms with van der Waals surface area (Å²) in [6.45, 7) is 3.98. The van der Waals surface area contributed by atoms with Gasteiger partial charge in [0.05, 0.1) is 0 Å². The number of piperazine rings is 1. The van der Waals surface area contributed by atoms with Crippen molar-refractivity contribution >= 4 is 34.5 Å². The Hall–Kier alpha value is -3.42. The predicted octanol–water partition coefficient (Wildman–Crippen LogP) is 1.86. The number of nitrogens with one attached hydrogen (secondary N) is 1. The number of amides is 3. The lowest BCUT2D eigenvalue weighted by Gasteiger charge is -2.48. The quantitative estimate of drug-likeness (QED) is 0.741. The number of benzene rings is 2. The molecule has 8 heteroatoms. The minimum absolute atomic E-state index is 0.162. The van der Waals surface area contributed by atoms with Gasteiger partial charge in [-0.3, -0.25) is 14.4 Å². The molecule has 0 unspecified atom stereocenters. The van der Waals surface area contributed by atoms with Gasteiger partial charge in [0.1, 0.15) is 24.2 Å². The molecule has 3 aliphatic heterocycles. The zero-order valence-corrected chi connectivity index (χ0v) is 18.7. The van der Waals surface area contributed by atoms with Gasteiger partial charge in [-0.1, -0.05) is 50.2 Å². The Bertz CT molecular complexity index is 1180. The summed E-state index contributed by atoms with van der Waals surface area (Å²) in [5, 5.41) is 14.1. The highest BCUT2D eigenvalue weighted by Gasteiger charge is 2.54. The Morgan fingerprint density at radius 1 is 1.09 bits per heavy atom. The van der Waals surface area contributed by atoms with Crippen molar-refractivity contribution in [3.8, 4) is 0 Å². The van der Waals surface area contributed by atoms with Crippen molar-refractivity contribution in [2.45, 2.75) is 57.3 Å². The van der Waals surface area contributed by atoms with E-state index in [1.54, 1.807) is 18.7 Å². The van der Waals surface area contributed by atoms with Crippen molar-refractivity contribution in [1.29, 1.82) is 0 Å². The minimum Gasteiger partial charge on any atom is -0.480 e. The van der Waals surface area contributed by atoms with Crippen LogP contribution in [0.4, 0.5) is 0 Å². The number of rotatable bonds is 4. The van der Waals surface area contributed by atoms with Gasteiger partial charge >= 0.3 is 5.97 Å². The van der Waals surface area contributed by atoms with E-state index >= 15 is 0 Å². The van der Waals surface area contributed by atoms with Gasteiger partial charge < -0.3 is 20.2 Å². The van der Waals surface area contributed by atoms with E-state index in [4.69, 9.17) is 0 Å². The third-order valence-corrected chi connectivity index (χ3v) is 7.23.